The van der Waals surface area contributed by atoms with Crippen molar-refractivity contribution >= 4 is 5.69 Å². The second kappa shape index (κ2) is 6.31. The van der Waals surface area contributed by atoms with Gasteiger partial charge in [0, 0.05) is 37.7 Å². The fourth-order valence-electron chi connectivity index (χ4n) is 2.28. The first kappa shape index (κ1) is 16.9. The van der Waals surface area contributed by atoms with E-state index in [9.17, 15) is 18.0 Å². The summed E-state index contributed by atoms with van der Waals surface area (Å²) in [5.41, 5.74) is -0.383. The predicted octanol–water partition coefficient (Wildman–Crippen LogP) is 2.74. The molecule has 0 aliphatic heterocycles. The van der Waals surface area contributed by atoms with Crippen LogP contribution in [0.15, 0.2) is 29.5 Å². The van der Waals surface area contributed by atoms with Crippen LogP contribution in [0.3, 0.4) is 0 Å². The molecule has 0 aromatic carbocycles. The van der Waals surface area contributed by atoms with Crippen LogP contribution in [0.4, 0.5) is 18.9 Å². The second-order valence-corrected chi connectivity index (χ2v) is 5.05. The van der Waals surface area contributed by atoms with Gasteiger partial charge in [0.15, 0.2) is 5.75 Å². The van der Waals surface area contributed by atoms with Crippen LogP contribution in [0, 0.1) is 6.92 Å². The Balaban J connectivity index is 2.38. The third-order valence-electron chi connectivity index (χ3n) is 3.43. The summed E-state index contributed by atoms with van der Waals surface area (Å²) in [5, 5.41) is 0. The van der Waals surface area contributed by atoms with Crippen LogP contribution >= 0.6 is 0 Å². The maximum Gasteiger partial charge on any atom is 0.419 e. The van der Waals surface area contributed by atoms with Crippen molar-refractivity contribution in [1.29, 1.82) is 0 Å². The molecule has 0 radical (unpaired) electrons. The molecule has 2 rings (SSSR count). The SMILES string of the molecule is COc1c(C)[nH]cc(CN(C)c2ccncc2C(F)(F)F)c1=O. The minimum Gasteiger partial charge on any atom is -0.491 e. The number of pyridine rings is 2. The van der Waals surface area contributed by atoms with Crippen molar-refractivity contribution in [1.82, 2.24) is 9.97 Å². The van der Waals surface area contributed by atoms with E-state index in [0.717, 1.165) is 6.20 Å². The molecule has 5 nitrogen and oxygen atoms in total. The molecule has 23 heavy (non-hydrogen) atoms. The number of alkyl halides is 3. The molecule has 8 heteroatoms. The van der Waals surface area contributed by atoms with Gasteiger partial charge < -0.3 is 14.6 Å². The molecule has 0 amide bonds. The summed E-state index contributed by atoms with van der Waals surface area (Å²) in [7, 11) is 2.85. The Kier molecular flexibility index (Phi) is 4.63. The molecule has 0 unspecified atom stereocenters. The molecule has 2 aromatic rings. The maximum absolute atomic E-state index is 13.0. The summed E-state index contributed by atoms with van der Waals surface area (Å²) < 4.78 is 44.2. The van der Waals surface area contributed by atoms with E-state index in [1.54, 1.807) is 6.92 Å². The van der Waals surface area contributed by atoms with Crippen LogP contribution in [0.2, 0.25) is 0 Å². The molecule has 2 heterocycles. The van der Waals surface area contributed by atoms with Crippen LogP contribution in [0.5, 0.6) is 5.75 Å². The summed E-state index contributed by atoms with van der Waals surface area (Å²) in [5.74, 6) is 0.154. The van der Waals surface area contributed by atoms with Gasteiger partial charge in [-0.1, -0.05) is 0 Å². The smallest absolute Gasteiger partial charge is 0.419 e. The first-order chi connectivity index (χ1) is 10.8. The van der Waals surface area contributed by atoms with Gasteiger partial charge in [0.05, 0.1) is 24.1 Å². The van der Waals surface area contributed by atoms with E-state index in [1.165, 1.54) is 37.5 Å². The Morgan fingerprint density at radius 3 is 2.70 bits per heavy atom. The number of hydrogen-bond acceptors (Lipinski definition) is 4. The van der Waals surface area contributed by atoms with Crippen molar-refractivity contribution in [2.24, 2.45) is 0 Å². The molecule has 0 aliphatic rings. The number of methoxy groups -OCH3 is 1. The largest absolute Gasteiger partial charge is 0.491 e. The number of nitrogens with one attached hydrogen (secondary N) is 1. The highest BCUT2D eigenvalue weighted by atomic mass is 19.4. The zero-order valence-electron chi connectivity index (χ0n) is 12.9. The van der Waals surface area contributed by atoms with Gasteiger partial charge in [-0.05, 0) is 13.0 Å². The van der Waals surface area contributed by atoms with Gasteiger partial charge in [-0.15, -0.1) is 0 Å². The Bertz CT molecular complexity index is 756. The third kappa shape index (κ3) is 3.46. The predicted molar refractivity (Wildman–Crippen MR) is 79.7 cm³/mol. The summed E-state index contributed by atoms with van der Waals surface area (Å²) in [6.45, 7) is 1.68. The highest BCUT2D eigenvalue weighted by Crippen LogP contribution is 2.35. The van der Waals surface area contributed by atoms with E-state index in [1.807, 2.05) is 0 Å². The molecule has 1 N–H and O–H groups in total. The van der Waals surface area contributed by atoms with Crippen LogP contribution < -0.4 is 15.1 Å². The minimum atomic E-state index is -4.52. The number of H-pyrrole nitrogens is 1. The number of nitrogens with zero attached hydrogens (tertiary/aromatic N) is 2. The topological polar surface area (TPSA) is 58.2 Å². The highest BCUT2D eigenvalue weighted by Gasteiger charge is 2.34. The standard InChI is InChI=1S/C15H16F3N3O2/c1-9-14(23-3)13(22)10(6-20-9)8-21(2)12-4-5-19-7-11(12)15(16,17)18/h4-7H,8H2,1-3H3,(H,20,22). The van der Waals surface area contributed by atoms with Gasteiger partial charge in [-0.2, -0.15) is 13.2 Å². The van der Waals surface area contributed by atoms with E-state index in [4.69, 9.17) is 4.74 Å². The Hall–Kier alpha value is -2.51. The van der Waals surface area contributed by atoms with Crippen molar-refractivity contribution in [3.05, 3.63) is 51.7 Å². The molecule has 124 valence electrons. The number of anilines is 1. The minimum absolute atomic E-state index is 0.000926. The Morgan fingerprint density at radius 2 is 2.09 bits per heavy atom. The zero-order chi connectivity index (χ0) is 17.2. The number of aromatic amines is 1. The van der Waals surface area contributed by atoms with Crippen molar-refractivity contribution in [2.75, 3.05) is 19.1 Å². The molecule has 2 aromatic heterocycles. The first-order valence-electron chi connectivity index (χ1n) is 6.73. The molecule has 0 saturated heterocycles. The third-order valence-corrected chi connectivity index (χ3v) is 3.43. The van der Waals surface area contributed by atoms with E-state index in [0.29, 0.717) is 11.3 Å². The number of aromatic nitrogens is 2. The van der Waals surface area contributed by atoms with Crippen molar-refractivity contribution < 1.29 is 17.9 Å². The molecule has 0 spiro atoms. The maximum atomic E-state index is 13.0. The van der Waals surface area contributed by atoms with Gasteiger partial charge in [-0.25, -0.2) is 0 Å². The second-order valence-electron chi connectivity index (χ2n) is 5.05. The Labute approximate surface area is 130 Å². The molecular weight excluding hydrogens is 311 g/mol. The van der Waals surface area contributed by atoms with Gasteiger partial charge in [0.25, 0.3) is 0 Å². The fourth-order valence-corrected chi connectivity index (χ4v) is 2.28. The lowest BCUT2D eigenvalue weighted by Gasteiger charge is -2.23. The summed E-state index contributed by atoms with van der Waals surface area (Å²) in [6, 6.07) is 1.27. The van der Waals surface area contributed by atoms with E-state index >= 15 is 0 Å². The fraction of sp³-hybridized carbons (Fsp3) is 0.333. The number of hydrogen-bond donors (Lipinski definition) is 1. The van der Waals surface area contributed by atoms with Crippen molar-refractivity contribution in [3.63, 3.8) is 0 Å². The first-order valence-corrected chi connectivity index (χ1v) is 6.73. The van der Waals surface area contributed by atoms with Crippen LogP contribution in [0.1, 0.15) is 16.8 Å². The zero-order valence-corrected chi connectivity index (χ0v) is 12.9. The summed E-state index contributed by atoms with van der Waals surface area (Å²) >= 11 is 0. The Morgan fingerprint density at radius 1 is 1.39 bits per heavy atom. The molecule has 0 saturated carbocycles. The lowest BCUT2D eigenvalue weighted by atomic mass is 10.1. The summed E-state index contributed by atoms with van der Waals surface area (Å²) in [4.78, 5) is 20.0. The molecule has 0 aliphatic carbocycles. The number of ether oxygens (including phenoxy) is 1. The van der Waals surface area contributed by atoms with Crippen LogP contribution in [-0.4, -0.2) is 24.1 Å². The quantitative estimate of drug-likeness (QED) is 0.938. The van der Waals surface area contributed by atoms with Gasteiger partial charge in [0.1, 0.15) is 0 Å². The number of halogens is 3. The van der Waals surface area contributed by atoms with E-state index in [2.05, 4.69) is 9.97 Å². The van der Waals surface area contributed by atoms with Gasteiger partial charge in [0.2, 0.25) is 5.43 Å². The van der Waals surface area contributed by atoms with Gasteiger partial charge >= 0.3 is 6.18 Å². The lowest BCUT2D eigenvalue weighted by Crippen LogP contribution is -2.25. The molecular formula is C15H16F3N3O2. The average Bonchev–Trinajstić information content (AvgIpc) is 2.50. The summed E-state index contributed by atoms with van der Waals surface area (Å²) in [6.07, 6.45) is -0.993. The van der Waals surface area contributed by atoms with Crippen LogP contribution in [-0.2, 0) is 12.7 Å². The molecule has 0 atom stereocenters. The van der Waals surface area contributed by atoms with Crippen LogP contribution in [0.25, 0.3) is 0 Å². The normalized spacial score (nSPS) is 11.4. The van der Waals surface area contributed by atoms with E-state index in [-0.39, 0.29) is 23.4 Å². The monoisotopic (exact) mass is 327 g/mol. The van der Waals surface area contributed by atoms with Gasteiger partial charge in [-0.3, -0.25) is 9.78 Å². The van der Waals surface area contributed by atoms with Crippen molar-refractivity contribution in [3.8, 4) is 5.75 Å². The number of aryl methyl sites for hydroxylation is 1. The molecule has 0 fully saturated rings. The van der Waals surface area contributed by atoms with Crippen molar-refractivity contribution in [2.45, 2.75) is 19.6 Å². The van der Waals surface area contributed by atoms with E-state index < -0.39 is 11.7 Å². The lowest BCUT2D eigenvalue weighted by molar-refractivity contribution is -0.137. The highest BCUT2D eigenvalue weighted by molar-refractivity contribution is 5.53. The average molecular weight is 327 g/mol. The molecule has 0 bridgehead atoms. The number of rotatable bonds is 4.